The first-order valence-electron chi connectivity index (χ1n) is 6.16. The average molecular weight is 356 g/mol. The molecule has 0 atom stereocenters. The highest BCUT2D eigenvalue weighted by molar-refractivity contribution is 9.10. The van der Waals surface area contributed by atoms with Gasteiger partial charge in [-0.3, -0.25) is 0 Å². The Labute approximate surface area is 132 Å². The quantitative estimate of drug-likeness (QED) is 0.848. The summed E-state index contributed by atoms with van der Waals surface area (Å²) in [6.07, 6.45) is 0. The van der Waals surface area contributed by atoms with Crippen molar-refractivity contribution >= 4 is 38.9 Å². The lowest BCUT2D eigenvalue weighted by Gasteiger charge is -2.16. The van der Waals surface area contributed by atoms with Gasteiger partial charge in [0.05, 0.1) is 15.2 Å². The van der Waals surface area contributed by atoms with Crippen molar-refractivity contribution in [2.75, 3.05) is 24.3 Å². The van der Waals surface area contributed by atoms with Gasteiger partial charge in [0.1, 0.15) is 5.75 Å². The van der Waals surface area contributed by atoms with Crippen LogP contribution in [-0.2, 0) is 6.54 Å². The molecule has 0 radical (unpaired) electrons. The number of anilines is 2. The molecule has 0 saturated carbocycles. The Morgan fingerprint density at radius 3 is 2.65 bits per heavy atom. The summed E-state index contributed by atoms with van der Waals surface area (Å²) in [5.41, 5.74) is 2.72. The first-order valence-corrected chi connectivity index (χ1v) is 7.33. The number of halogens is 2. The highest BCUT2D eigenvalue weighted by Gasteiger charge is 2.06. The number of benzene rings is 2. The van der Waals surface area contributed by atoms with Gasteiger partial charge in [0, 0.05) is 31.9 Å². The van der Waals surface area contributed by atoms with Crippen LogP contribution in [-0.4, -0.2) is 19.2 Å². The minimum atomic E-state index is 0.260. The van der Waals surface area contributed by atoms with E-state index < -0.39 is 0 Å². The normalized spacial score (nSPS) is 10.4. The first kappa shape index (κ1) is 15.0. The Morgan fingerprint density at radius 2 is 2.00 bits per heavy atom. The number of nitrogens with one attached hydrogen (secondary N) is 1. The number of para-hydroxylation sites is 1. The number of nitrogens with zero attached hydrogens (tertiary/aromatic N) is 1. The minimum absolute atomic E-state index is 0.260. The molecule has 5 heteroatoms. The largest absolute Gasteiger partial charge is 0.506 e. The van der Waals surface area contributed by atoms with Gasteiger partial charge in [-0.1, -0.05) is 23.7 Å². The van der Waals surface area contributed by atoms with Gasteiger partial charge in [0.2, 0.25) is 0 Å². The molecule has 106 valence electrons. The summed E-state index contributed by atoms with van der Waals surface area (Å²) in [5.74, 6) is 0.260. The van der Waals surface area contributed by atoms with Crippen LogP contribution in [0.1, 0.15) is 5.56 Å². The van der Waals surface area contributed by atoms with E-state index in [2.05, 4.69) is 21.2 Å². The minimum Gasteiger partial charge on any atom is -0.506 e. The Hall–Kier alpha value is -1.39. The molecule has 2 aromatic carbocycles. The van der Waals surface area contributed by atoms with Crippen molar-refractivity contribution in [1.29, 1.82) is 0 Å². The fourth-order valence-electron chi connectivity index (χ4n) is 1.88. The van der Waals surface area contributed by atoms with Crippen molar-refractivity contribution in [3.63, 3.8) is 0 Å². The van der Waals surface area contributed by atoms with Crippen LogP contribution in [0, 0.1) is 0 Å². The number of phenolic OH excluding ortho intramolecular Hbond substituents is 1. The van der Waals surface area contributed by atoms with E-state index in [0.29, 0.717) is 16.0 Å². The number of hydrogen-bond acceptors (Lipinski definition) is 3. The van der Waals surface area contributed by atoms with Gasteiger partial charge in [-0.25, -0.2) is 0 Å². The molecule has 0 heterocycles. The maximum absolute atomic E-state index is 9.93. The maximum Gasteiger partial charge on any atom is 0.134 e. The molecule has 0 aliphatic carbocycles. The van der Waals surface area contributed by atoms with E-state index in [4.69, 9.17) is 11.6 Å². The van der Waals surface area contributed by atoms with Crippen LogP contribution in [0.25, 0.3) is 0 Å². The third kappa shape index (κ3) is 3.38. The average Bonchev–Trinajstić information content (AvgIpc) is 2.40. The van der Waals surface area contributed by atoms with Gasteiger partial charge in [0.25, 0.3) is 0 Å². The highest BCUT2D eigenvalue weighted by atomic mass is 79.9. The monoisotopic (exact) mass is 354 g/mol. The number of phenols is 1. The van der Waals surface area contributed by atoms with Crippen molar-refractivity contribution in [2.24, 2.45) is 0 Å². The summed E-state index contributed by atoms with van der Waals surface area (Å²) in [6, 6.07) is 11.4. The standard InChI is InChI=1S/C15H16BrClN2O/c1-19(2)14-7-6-11(8-13(14)17)18-9-10-4-3-5-12(16)15(10)20/h3-8,18,20H,9H2,1-2H3. The number of hydrogen-bond donors (Lipinski definition) is 2. The lowest BCUT2D eigenvalue weighted by Crippen LogP contribution is -2.09. The molecule has 0 aliphatic rings. The molecule has 0 aliphatic heterocycles. The van der Waals surface area contributed by atoms with Crippen molar-refractivity contribution in [1.82, 2.24) is 0 Å². The summed E-state index contributed by atoms with van der Waals surface area (Å²) in [6.45, 7) is 0.531. The molecule has 0 unspecified atom stereocenters. The molecule has 0 saturated heterocycles. The van der Waals surface area contributed by atoms with Crippen molar-refractivity contribution < 1.29 is 5.11 Å². The zero-order valence-electron chi connectivity index (χ0n) is 11.3. The topological polar surface area (TPSA) is 35.5 Å². The highest BCUT2D eigenvalue weighted by Crippen LogP contribution is 2.30. The molecule has 0 spiro atoms. The van der Waals surface area contributed by atoms with Crippen LogP contribution < -0.4 is 10.2 Å². The molecular weight excluding hydrogens is 340 g/mol. The van der Waals surface area contributed by atoms with Gasteiger partial charge in [-0.15, -0.1) is 0 Å². The molecule has 0 aromatic heterocycles. The second-order valence-electron chi connectivity index (χ2n) is 4.66. The Bertz CT molecular complexity index is 617. The third-order valence-electron chi connectivity index (χ3n) is 2.98. The second kappa shape index (κ2) is 6.37. The van der Waals surface area contributed by atoms with Gasteiger partial charge in [-0.05, 0) is 40.2 Å². The molecule has 2 rings (SSSR count). The fraction of sp³-hybridized carbons (Fsp3) is 0.200. The molecule has 0 amide bonds. The second-order valence-corrected chi connectivity index (χ2v) is 5.92. The van der Waals surface area contributed by atoms with Crippen molar-refractivity contribution in [3.05, 3.63) is 51.5 Å². The van der Waals surface area contributed by atoms with Crippen LogP contribution in [0.2, 0.25) is 5.02 Å². The summed E-state index contributed by atoms with van der Waals surface area (Å²) in [7, 11) is 3.90. The Balaban J connectivity index is 2.11. The van der Waals surface area contributed by atoms with E-state index in [-0.39, 0.29) is 5.75 Å². The number of aromatic hydroxyl groups is 1. The van der Waals surface area contributed by atoms with Crippen molar-refractivity contribution in [3.8, 4) is 5.75 Å². The lowest BCUT2D eigenvalue weighted by atomic mass is 10.2. The van der Waals surface area contributed by atoms with Gasteiger partial charge in [0.15, 0.2) is 0 Å². The zero-order chi connectivity index (χ0) is 14.7. The zero-order valence-corrected chi connectivity index (χ0v) is 13.7. The predicted molar refractivity (Wildman–Crippen MR) is 88.9 cm³/mol. The van der Waals surface area contributed by atoms with Crippen LogP contribution in [0.15, 0.2) is 40.9 Å². The van der Waals surface area contributed by atoms with E-state index in [1.54, 1.807) is 0 Å². The van der Waals surface area contributed by atoms with E-state index in [9.17, 15) is 5.11 Å². The van der Waals surface area contributed by atoms with Crippen LogP contribution in [0.3, 0.4) is 0 Å². The predicted octanol–water partition coefficient (Wildman–Crippen LogP) is 4.49. The summed E-state index contributed by atoms with van der Waals surface area (Å²) < 4.78 is 0.692. The van der Waals surface area contributed by atoms with Gasteiger partial charge in [-0.2, -0.15) is 0 Å². The molecule has 3 nitrogen and oxygen atoms in total. The van der Waals surface area contributed by atoms with Crippen LogP contribution in [0.5, 0.6) is 5.75 Å². The molecule has 2 N–H and O–H groups in total. The maximum atomic E-state index is 9.93. The number of rotatable bonds is 4. The molecule has 0 fully saturated rings. The van der Waals surface area contributed by atoms with E-state index in [1.165, 1.54) is 0 Å². The fourth-order valence-corrected chi connectivity index (χ4v) is 2.64. The van der Waals surface area contributed by atoms with E-state index in [1.807, 2.05) is 55.4 Å². The van der Waals surface area contributed by atoms with Gasteiger partial charge < -0.3 is 15.3 Å². The smallest absolute Gasteiger partial charge is 0.134 e. The molecule has 20 heavy (non-hydrogen) atoms. The summed E-state index contributed by atoms with van der Waals surface area (Å²) in [5, 5.41) is 13.9. The van der Waals surface area contributed by atoms with E-state index in [0.717, 1.165) is 16.9 Å². The van der Waals surface area contributed by atoms with Gasteiger partial charge >= 0.3 is 0 Å². The van der Waals surface area contributed by atoms with E-state index >= 15 is 0 Å². The third-order valence-corrected chi connectivity index (χ3v) is 3.93. The first-order chi connectivity index (χ1) is 9.49. The lowest BCUT2D eigenvalue weighted by molar-refractivity contribution is 0.465. The Kier molecular flexibility index (Phi) is 4.78. The summed E-state index contributed by atoms with van der Waals surface area (Å²) in [4.78, 5) is 1.96. The van der Waals surface area contributed by atoms with Crippen LogP contribution in [0.4, 0.5) is 11.4 Å². The SMILES string of the molecule is CN(C)c1ccc(NCc2cccc(Br)c2O)cc1Cl. The molecular formula is C15H16BrClN2O. The molecule has 2 aromatic rings. The molecule has 0 bridgehead atoms. The Morgan fingerprint density at radius 1 is 1.25 bits per heavy atom. The summed E-state index contributed by atoms with van der Waals surface area (Å²) >= 11 is 9.53. The van der Waals surface area contributed by atoms with Crippen LogP contribution >= 0.6 is 27.5 Å². The van der Waals surface area contributed by atoms with Crippen molar-refractivity contribution in [2.45, 2.75) is 6.54 Å².